The summed E-state index contributed by atoms with van der Waals surface area (Å²) in [6.45, 7) is 1.61. The maximum absolute atomic E-state index is 12.6. The number of likely N-dealkylation sites (tertiary alicyclic amines) is 1. The minimum absolute atomic E-state index is 0.0776. The molecule has 0 radical (unpaired) electrons. The molecular formula is C17H18Cl2N2O2S. The molecule has 2 heterocycles. The van der Waals surface area contributed by atoms with Crippen molar-refractivity contribution >= 4 is 52.9 Å². The van der Waals surface area contributed by atoms with Gasteiger partial charge in [0.1, 0.15) is 6.04 Å². The van der Waals surface area contributed by atoms with Crippen molar-refractivity contribution in [3.8, 4) is 0 Å². The van der Waals surface area contributed by atoms with Gasteiger partial charge in [-0.15, -0.1) is 11.8 Å². The topological polar surface area (TPSA) is 40.6 Å². The molecule has 0 saturated carbocycles. The number of nitrogens with zero attached hydrogens (tertiary/aromatic N) is 2. The molecule has 1 aromatic rings. The summed E-state index contributed by atoms with van der Waals surface area (Å²) >= 11 is 13.5. The highest BCUT2D eigenvalue weighted by molar-refractivity contribution is 7.99. The Morgan fingerprint density at radius 1 is 1.17 bits per heavy atom. The van der Waals surface area contributed by atoms with Gasteiger partial charge in [-0.2, -0.15) is 0 Å². The second-order valence-electron chi connectivity index (χ2n) is 5.86. The molecule has 0 aromatic heterocycles. The number of hydrogen-bond donors (Lipinski definition) is 0. The third-order valence-electron chi connectivity index (χ3n) is 4.23. The van der Waals surface area contributed by atoms with Crippen LogP contribution < -0.4 is 0 Å². The summed E-state index contributed by atoms with van der Waals surface area (Å²) in [5.41, 5.74) is 0.798. The number of rotatable bonds is 3. The second kappa shape index (κ2) is 7.81. The van der Waals surface area contributed by atoms with E-state index in [4.69, 9.17) is 23.2 Å². The molecule has 1 atom stereocenters. The smallest absolute Gasteiger partial charge is 0.247 e. The Morgan fingerprint density at radius 2 is 1.92 bits per heavy atom. The Labute approximate surface area is 155 Å². The zero-order chi connectivity index (χ0) is 17.1. The molecule has 3 rings (SSSR count). The van der Waals surface area contributed by atoms with E-state index in [1.54, 1.807) is 40.9 Å². The van der Waals surface area contributed by atoms with Crippen LogP contribution in [0.2, 0.25) is 10.0 Å². The maximum Gasteiger partial charge on any atom is 0.247 e. The van der Waals surface area contributed by atoms with Crippen LogP contribution >= 0.6 is 35.0 Å². The molecule has 0 N–H and O–H groups in total. The highest BCUT2D eigenvalue weighted by Crippen LogP contribution is 2.25. The summed E-state index contributed by atoms with van der Waals surface area (Å²) in [6.07, 6.45) is 5.30. The van der Waals surface area contributed by atoms with Gasteiger partial charge in [0, 0.05) is 24.9 Å². The lowest BCUT2D eigenvalue weighted by molar-refractivity contribution is -0.140. The van der Waals surface area contributed by atoms with Gasteiger partial charge < -0.3 is 9.80 Å². The zero-order valence-corrected chi connectivity index (χ0v) is 15.4. The lowest BCUT2D eigenvalue weighted by Gasteiger charge is -2.26. The quantitative estimate of drug-likeness (QED) is 0.748. The van der Waals surface area contributed by atoms with Crippen LogP contribution in [0.3, 0.4) is 0 Å². The van der Waals surface area contributed by atoms with Gasteiger partial charge in [-0.25, -0.2) is 0 Å². The van der Waals surface area contributed by atoms with Crippen molar-refractivity contribution < 1.29 is 9.59 Å². The molecule has 0 bridgehead atoms. The molecule has 7 heteroatoms. The summed E-state index contributed by atoms with van der Waals surface area (Å²) in [6, 6.07) is 4.85. The second-order valence-corrected chi connectivity index (χ2v) is 7.68. The SMILES string of the molecule is O=C(C1CSCN1C(=O)/C=C/c1ccc(Cl)c(Cl)c1)N1CCCC1. The first kappa shape index (κ1) is 17.6. The molecule has 24 heavy (non-hydrogen) atoms. The lowest BCUT2D eigenvalue weighted by Crippen LogP contribution is -2.47. The Bertz CT molecular complexity index is 675. The lowest BCUT2D eigenvalue weighted by atomic mass is 10.2. The van der Waals surface area contributed by atoms with Crippen molar-refractivity contribution in [1.82, 2.24) is 9.80 Å². The summed E-state index contributed by atoms with van der Waals surface area (Å²) < 4.78 is 0. The molecule has 4 nitrogen and oxygen atoms in total. The van der Waals surface area contributed by atoms with E-state index in [-0.39, 0.29) is 17.9 Å². The Hall–Kier alpha value is -1.17. The summed E-state index contributed by atoms with van der Waals surface area (Å²) in [7, 11) is 0. The van der Waals surface area contributed by atoms with Crippen LogP contribution in [0.1, 0.15) is 18.4 Å². The van der Waals surface area contributed by atoms with Gasteiger partial charge in [0.2, 0.25) is 11.8 Å². The van der Waals surface area contributed by atoms with Gasteiger partial charge in [0.25, 0.3) is 0 Å². The molecule has 2 fully saturated rings. The fourth-order valence-corrected chi connectivity index (χ4v) is 4.35. The normalized spacial score (nSPS) is 21.0. The van der Waals surface area contributed by atoms with E-state index in [2.05, 4.69) is 0 Å². The Balaban J connectivity index is 1.67. The van der Waals surface area contributed by atoms with Crippen LogP contribution in [0.25, 0.3) is 6.08 Å². The van der Waals surface area contributed by atoms with E-state index in [9.17, 15) is 9.59 Å². The predicted octanol–water partition coefficient (Wildman–Crippen LogP) is 3.53. The van der Waals surface area contributed by atoms with Crippen molar-refractivity contribution in [2.75, 3.05) is 24.7 Å². The van der Waals surface area contributed by atoms with Gasteiger partial charge in [-0.05, 0) is 36.6 Å². The Kier molecular flexibility index (Phi) is 5.74. The number of carbonyl (C=O) groups excluding carboxylic acids is 2. The van der Waals surface area contributed by atoms with Crippen LogP contribution in [-0.4, -0.2) is 52.4 Å². The number of halogens is 2. The molecule has 2 saturated heterocycles. The molecule has 1 aromatic carbocycles. The largest absolute Gasteiger partial charge is 0.341 e. The van der Waals surface area contributed by atoms with E-state index in [1.165, 1.54) is 6.08 Å². The minimum atomic E-state index is -0.348. The summed E-state index contributed by atoms with van der Waals surface area (Å²) in [4.78, 5) is 28.6. The number of carbonyl (C=O) groups is 2. The fourth-order valence-electron chi connectivity index (χ4n) is 2.89. The highest BCUT2D eigenvalue weighted by atomic mass is 35.5. The van der Waals surface area contributed by atoms with Gasteiger partial charge in [0.15, 0.2) is 0 Å². The van der Waals surface area contributed by atoms with Crippen molar-refractivity contribution in [1.29, 1.82) is 0 Å². The molecule has 2 aliphatic rings. The predicted molar refractivity (Wildman–Crippen MR) is 99.3 cm³/mol. The number of hydrogen-bond acceptors (Lipinski definition) is 3. The van der Waals surface area contributed by atoms with E-state index >= 15 is 0 Å². The zero-order valence-electron chi connectivity index (χ0n) is 13.1. The first-order valence-corrected chi connectivity index (χ1v) is 9.77. The van der Waals surface area contributed by atoms with Crippen molar-refractivity contribution in [3.05, 3.63) is 39.9 Å². The maximum atomic E-state index is 12.6. The van der Waals surface area contributed by atoms with Crippen molar-refractivity contribution in [2.24, 2.45) is 0 Å². The monoisotopic (exact) mass is 384 g/mol. The van der Waals surface area contributed by atoms with E-state index in [0.717, 1.165) is 31.5 Å². The van der Waals surface area contributed by atoms with Gasteiger partial charge in [-0.1, -0.05) is 29.3 Å². The molecule has 1 unspecified atom stereocenters. The fraction of sp³-hybridized carbons (Fsp3) is 0.412. The number of amides is 2. The van der Waals surface area contributed by atoms with Crippen LogP contribution in [0.5, 0.6) is 0 Å². The average Bonchev–Trinajstić information content (AvgIpc) is 3.26. The van der Waals surface area contributed by atoms with Crippen LogP contribution in [-0.2, 0) is 9.59 Å². The molecule has 0 aliphatic carbocycles. The first-order valence-electron chi connectivity index (χ1n) is 7.86. The van der Waals surface area contributed by atoms with Gasteiger partial charge in [-0.3, -0.25) is 9.59 Å². The van der Waals surface area contributed by atoms with E-state index in [1.807, 2.05) is 4.90 Å². The first-order chi connectivity index (χ1) is 11.6. The highest BCUT2D eigenvalue weighted by Gasteiger charge is 2.36. The van der Waals surface area contributed by atoms with Crippen LogP contribution in [0.4, 0.5) is 0 Å². The van der Waals surface area contributed by atoms with Gasteiger partial charge >= 0.3 is 0 Å². The molecule has 2 aliphatic heterocycles. The van der Waals surface area contributed by atoms with Crippen molar-refractivity contribution in [2.45, 2.75) is 18.9 Å². The summed E-state index contributed by atoms with van der Waals surface area (Å²) in [5, 5.41) is 0.928. The van der Waals surface area contributed by atoms with Crippen molar-refractivity contribution in [3.63, 3.8) is 0 Å². The van der Waals surface area contributed by atoms with Crippen LogP contribution in [0.15, 0.2) is 24.3 Å². The standard InChI is InChI=1S/C17H18Cl2N2O2S/c18-13-5-3-12(9-14(13)19)4-6-16(22)21-11-24-10-15(21)17(23)20-7-1-2-8-20/h3-6,9,15H,1-2,7-8,10-11H2/b6-4+. The average molecular weight is 385 g/mol. The minimum Gasteiger partial charge on any atom is -0.341 e. The number of benzene rings is 1. The number of thioether (sulfide) groups is 1. The Morgan fingerprint density at radius 3 is 2.62 bits per heavy atom. The van der Waals surface area contributed by atoms with E-state index < -0.39 is 0 Å². The molecule has 0 spiro atoms. The van der Waals surface area contributed by atoms with Crippen LogP contribution in [0, 0.1) is 0 Å². The summed E-state index contributed by atoms with van der Waals surface area (Å²) in [5.74, 6) is 1.15. The van der Waals surface area contributed by atoms with Gasteiger partial charge in [0.05, 0.1) is 15.9 Å². The third kappa shape index (κ3) is 3.90. The van der Waals surface area contributed by atoms with E-state index in [0.29, 0.717) is 21.7 Å². The molecular weight excluding hydrogens is 367 g/mol. The molecule has 2 amide bonds. The third-order valence-corrected chi connectivity index (χ3v) is 5.98. The molecule has 128 valence electrons.